The molecule has 6 nitrogen and oxygen atoms in total. The molecule has 2 aromatic rings. The summed E-state index contributed by atoms with van der Waals surface area (Å²) in [5.74, 6) is 1.20. The quantitative estimate of drug-likeness (QED) is 0.531. The molecule has 6 heteroatoms. The predicted molar refractivity (Wildman–Crippen MR) is 107 cm³/mol. The largest absolute Gasteiger partial charge is 0.491 e. The normalized spacial score (nSPS) is 14.3. The van der Waals surface area contributed by atoms with E-state index in [4.69, 9.17) is 15.9 Å². The van der Waals surface area contributed by atoms with Crippen LogP contribution in [-0.2, 0) is 4.79 Å². The number of benzene rings is 1. The van der Waals surface area contributed by atoms with Crippen molar-refractivity contribution in [3.63, 3.8) is 0 Å². The third-order valence-electron chi connectivity index (χ3n) is 4.69. The number of aromatic nitrogens is 1. The van der Waals surface area contributed by atoms with Gasteiger partial charge in [-0.3, -0.25) is 10.2 Å². The van der Waals surface area contributed by atoms with E-state index in [1.54, 1.807) is 36.5 Å². The van der Waals surface area contributed by atoms with E-state index in [0.29, 0.717) is 28.4 Å². The van der Waals surface area contributed by atoms with Gasteiger partial charge in [0, 0.05) is 28.9 Å². The molecule has 3 rings (SSSR count). The highest BCUT2D eigenvalue weighted by atomic mass is 16.5. The topological polar surface area (TPSA) is 101 Å². The van der Waals surface area contributed by atoms with Gasteiger partial charge in [-0.2, -0.15) is 0 Å². The maximum atomic E-state index is 12.3. The van der Waals surface area contributed by atoms with Crippen molar-refractivity contribution >= 4 is 23.1 Å². The van der Waals surface area contributed by atoms with Crippen LogP contribution in [-0.4, -0.2) is 22.7 Å². The summed E-state index contributed by atoms with van der Waals surface area (Å²) in [6.07, 6.45) is 5.70. The van der Waals surface area contributed by atoms with Gasteiger partial charge >= 0.3 is 0 Å². The molecule has 0 atom stereocenters. The molecule has 1 aromatic heterocycles. The van der Waals surface area contributed by atoms with Crippen LogP contribution in [0.4, 0.5) is 11.5 Å². The Morgan fingerprint density at radius 1 is 1.26 bits per heavy atom. The molecule has 0 radical (unpaired) electrons. The number of pyridine rings is 1. The number of nitrogen functional groups attached to an aromatic ring is 1. The van der Waals surface area contributed by atoms with Crippen LogP contribution < -0.4 is 15.8 Å². The van der Waals surface area contributed by atoms with Crippen LogP contribution >= 0.6 is 0 Å². The Labute approximate surface area is 159 Å². The van der Waals surface area contributed by atoms with E-state index in [1.165, 1.54) is 0 Å². The number of rotatable bonds is 6. The predicted octanol–water partition coefficient (Wildman–Crippen LogP) is 4.00. The fraction of sp³-hybridized carbons (Fsp3) is 0.381. The minimum Gasteiger partial charge on any atom is -0.491 e. The number of nitrogens with one attached hydrogen (secondary N) is 2. The van der Waals surface area contributed by atoms with Crippen molar-refractivity contribution in [3.8, 4) is 5.75 Å². The van der Waals surface area contributed by atoms with Gasteiger partial charge in [0.05, 0.1) is 11.8 Å². The number of carbonyl (C=O) groups excluding carboxylic acids is 1. The second kappa shape index (κ2) is 8.20. The SMILES string of the molecule is CC(C)Oc1ccc(N)c(C(=N)c2ccnc(NC(=O)C3CCCC3)c2)c1. The van der Waals surface area contributed by atoms with Crippen LogP contribution in [0.1, 0.15) is 50.7 Å². The number of hydrogen-bond acceptors (Lipinski definition) is 5. The van der Waals surface area contributed by atoms with Crippen LogP contribution in [0.2, 0.25) is 0 Å². The zero-order chi connectivity index (χ0) is 19.4. The number of hydrogen-bond donors (Lipinski definition) is 3. The summed E-state index contributed by atoms with van der Waals surface area (Å²) < 4.78 is 5.71. The third kappa shape index (κ3) is 4.64. The molecule has 1 aliphatic carbocycles. The number of nitrogens with two attached hydrogens (primary N) is 1. The molecular weight excluding hydrogens is 340 g/mol. The summed E-state index contributed by atoms with van der Waals surface area (Å²) in [5.41, 5.74) is 8.08. The molecule has 0 bridgehead atoms. The molecule has 1 fully saturated rings. The summed E-state index contributed by atoms with van der Waals surface area (Å²) in [6.45, 7) is 3.90. The van der Waals surface area contributed by atoms with Crippen molar-refractivity contribution in [2.75, 3.05) is 11.1 Å². The van der Waals surface area contributed by atoms with E-state index < -0.39 is 0 Å². The van der Waals surface area contributed by atoms with Crippen molar-refractivity contribution in [3.05, 3.63) is 47.7 Å². The van der Waals surface area contributed by atoms with Gasteiger partial charge in [-0.05, 0) is 57.0 Å². The van der Waals surface area contributed by atoms with Gasteiger partial charge in [0.25, 0.3) is 0 Å². The highest BCUT2D eigenvalue weighted by Gasteiger charge is 2.23. The van der Waals surface area contributed by atoms with Crippen LogP contribution in [0, 0.1) is 11.3 Å². The van der Waals surface area contributed by atoms with Gasteiger partial charge in [-0.1, -0.05) is 12.8 Å². The third-order valence-corrected chi connectivity index (χ3v) is 4.69. The van der Waals surface area contributed by atoms with Gasteiger partial charge in [-0.25, -0.2) is 4.98 Å². The highest BCUT2D eigenvalue weighted by molar-refractivity contribution is 6.14. The zero-order valence-corrected chi connectivity index (χ0v) is 15.8. The van der Waals surface area contributed by atoms with E-state index in [9.17, 15) is 4.79 Å². The second-order valence-corrected chi connectivity index (χ2v) is 7.19. The number of anilines is 2. The van der Waals surface area contributed by atoms with Crippen molar-refractivity contribution < 1.29 is 9.53 Å². The summed E-state index contributed by atoms with van der Waals surface area (Å²) >= 11 is 0. The number of nitrogens with zero attached hydrogens (tertiary/aromatic N) is 1. The van der Waals surface area contributed by atoms with Crippen LogP contribution in [0.25, 0.3) is 0 Å². The summed E-state index contributed by atoms with van der Waals surface area (Å²) in [4.78, 5) is 16.5. The second-order valence-electron chi connectivity index (χ2n) is 7.19. The first-order valence-corrected chi connectivity index (χ1v) is 9.36. The van der Waals surface area contributed by atoms with E-state index in [2.05, 4.69) is 10.3 Å². The Bertz CT molecular complexity index is 842. The van der Waals surface area contributed by atoms with Crippen LogP contribution in [0.15, 0.2) is 36.5 Å². The Hall–Kier alpha value is -2.89. The molecule has 1 amide bonds. The van der Waals surface area contributed by atoms with Crippen LogP contribution in [0.5, 0.6) is 5.75 Å². The minimum atomic E-state index is 0.00975. The summed E-state index contributed by atoms with van der Waals surface area (Å²) in [7, 11) is 0. The maximum Gasteiger partial charge on any atom is 0.228 e. The lowest BCUT2D eigenvalue weighted by Crippen LogP contribution is -2.21. The summed E-state index contributed by atoms with van der Waals surface area (Å²) in [5, 5.41) is 11.4. The lowest BCUT2D eigenvalue weighted by molar-refractivity contribution is -0.119. The Kier molecular flexibility index (Phi) is 5.74. The number of ether oxygens (including phenoxy) is 1. The first kappa shape index (κ1) is 18.9. The smallest absolute Gasteiger partial charge is 0.228 e. The highest BCUT2D eigenvalue weighted by Crippen LogP contribution is 2.27. The number of amides is 1. The monoisotopic (exact) mass is 366 g/mol. The van der Waals surface area contributed by atoms with Crippen molar-refractivity contribution in [1.29, 1.82) is 5.41 Å². The van der Waals surface area contributed by atoms with Gasteiger partial charge in [0.15, 0.2) is 0 Å². The molecule has 4 N–H and O–H groups in total. The minimum absolute atomic E-state index is 0.00975. The average molecular weight is 366 g/mol. The molecule has 0 spiro atoms. The Morgan fingerprint density at radius 2 is 2.00 bits per heavy atom. The average Bonchev–Trinajstić information content (AvgIpc) is 3.17. The molecule has 0 unspecified atom stereocenters. The van der Waals surface area contributed by atoms with Crippen molar-refractivity contribution in [1.82, 2.24) is 4.98 Å². The van der Waals surface area contributed by atoms with E-state index in [-0.39, 0.29) is 23.6 Å². The zero-order valence-electron chi connectivity index (χ0n) is 15.8. The molecule has 1 heterocycles. The lowest BCUT2D eigenvalue weighted by Gasteiger charge is -2.14. The Balaban J connectivity index is 1.80. The van der Waals surface area contributed by atoms with Gasteiger partial charge in [-0.15, -0.1) is 0 Å². The standard InChI is InChI=1S/C21H26N4O2/c1-13(2)27-16-7-8-18(22)17(12-16)20(23)15-9-10-24-19(11-15)25-21(26)14-5-3-4-6-14/h7-14,23H,3-6,22H2,1-2H3,(H,24,25,26). The first-order chi connectivity index (χ1) is 12.9. The molecule has 27 heavy (non-hydrogen) atoms. The molecule has 0 saturated heterocycles. The van der Waals surface area contributed by atoms with Gasteiger partial charge in [0.1, 0.15) is 11.6 Å². The molecule has 1 aromatic carbocycles. The molecule has 1 saturated carbocycles. The maximum absolute atomic E-state index is 12.3. The van der Waals surface area contributed by atoms with Crippen LogP contribution in [0.3, 0.4) is 0 Å². The van der Waals surface area contributed by atoms with E-state index in [1.807, 2.05) is 13.8 Å². The molecule has 1 aliphatic rings. The van der Waals surface area contributed by atoms with Crippen molar-refractivity contribution in [2.24, 2.45) is 5.92 Å². The Morgan fingerprint density at radius 3 is 2.70 bits per heavy atom. The molecular formula is C21H26N4O2. The fourth-order valence-corrected chi connectivity index (χ4v) is 3.32. The fourth-order valence-electron chi connectivity index (χ4n) is 3.32. The molecule has 142 valence electrons. The first-order valence-electron chi connectivity index (χ1n) is 9.36. The summed E-state index contributed by atoms with van der Waals surface area (Å²) in [6, 6.07) is 8.76. The van der Waals surface area contributed by atoms with Gasteiger partial charge < -0.3 is 15.8 Å². The lowest BCUT2D eigenvalue weighted by atomic mass is 10.0. The number of carbonyl (C=O) groups is 1. The van der Waals surface area contributed by atoms with E-state index in [0.717, 1.165) is 25.7 Å². The van der Waals surface area contributed by atoms with E-state index >= 15 is 0 Å². The van der Waals surface area contributed by atoms with Crippen molar-refractivity contribution in [2.45, 2.75) is 45.6 Å². The molecule has 0 aliphatic heterocycles. The van der Waals surface area contributed by atoms with Gasteiger partial charge in [0.2, 0.25) is 5.91 Å².